The smallest absolute Gasteiger partial charge is 0.263 e. The third kappa shape index (κ3) is 4.56. The minimum Gasteiger partial charge on any atom is -0.326 e. The van der Waals surface area contributed by atoms with Gasteiger partial charge in [-0.1, -0.05) is 17.7 Å². The second kappa shape index (κ2) is 8.09. The second-order valence-electron chi connectivity index (χ2n) is 6.29. The number of anilines is 2. The number of benzene rings is 1. The minimum absolute atomic E-state index is 0.0117. The highest BCUT2D eigenvalue weighted by atomic mass is 35.5. The van der Waals surface area contributed by atoms with E-state index in [0.29, 0.717) is 11.4 Å². The van der Waals surface area contributed by atoms with Crippen molar-refractivity contribution in [2.45, 2.75) is 11.3 Å². The van der Waals surface area contributed by atoms with Crippen molar-refractivity contribution >= 4 is 44.7 Å². The molecule has 0 spiro atoms. The first-order valence-corrected chi connectivity index (χ1v) is 10.6. The number of hydrogen-bond donors (Lipinski definition) is 2. The summed E-state index contributed by atoms with van der Waals surface area (Å²) in [5.41, 5.74) is 1.85. The number of nitrogens with one attached hydrogen (secondary N) is 2. The van der Waals surface area contributed by atoms with Gasteiger partial charge < -0.3 is 9.72 Å². The van der Waals surface area contributed by atoms with Crippen molar-refractivity contribution in [3.63, 3.8) is 0 Å². The van der Waals surface area contributed by atoms with Gasteiger partial charge in [0.05, 0.1) is 17.0 Å². The molecule has 0 aliphatic heterocycles. The van der Waals surface area contributed by atoms with Gasteiger partial charge in [-0.15, -0.1) is 10.2 Å². The lowest BCUT2D eigenvalue weighted by Crippen LogP contribution is -2.16. The van der Waals surface area contributed by atoms with Gasteiger partial charge >= 0.3 is 0 Å². The first kappa shape index (κ1) is 19.8. The molecule has 9 nitrogen and oxygen atoms in total. The lowest BCUT2D eigenvalue weighted by atomic mass is 10.3. The van der Waals surface area contributed by atoms with E-state index in [0.717, 1.165) is 5.65 Å². The number of sulfonamides is 1. The Morgan fingerprint density at radius 2 is 1.83 bits per heavy atom. The number of hydrogen-bond acceptors (Lipinski definition) is 6. The van der Waals surface area contributed by atoms with E-state index in [1.54, 1.807) is 6.20 Å². The SMILES string of the molecule is O=C(Cc1cn2ccccc2n1)Nc1ccc(S(=O)(=O)Nc2ccc(Cl)nn2)cc1. The molecule has 0 atom stereocenters. The van der Waals surface area contributed by atoms with Gasteiger partial charge in [0, 0.05) is 18.1 Å². The Kier molecular flexibility index (Phi) is 5.34. The quantitative estimate of drug-likeness (QED) is 0.474. The van der Waals surface area contributed by atoms with Crippen molar-refractivity contribution in [1.82, 2.24) is 19.6 Å². The molecule has 0 aliphatic rings. The Morgan fingerprint density at radius 1 is 1.03 bits per heavy atom. The van der Waals surface area contributed by atoms with E-state index in [-0.39, 0.29) is 28.2 Å². The number of carbonyl (C=O) groups excluding carboxylic acids is 1. The van der Waals surface area contributed by atoms with Gasteiger partial charge in [0.1, 0.15) is 5.65 Å². The van der Waals surface area contributed by atoms with Crippen molar-refractivity contribution in [2.75, 3.05) is 10.0 Å². The van der Waals surface area contributed by atoms with Gasteiger partial charge in [-0.3, -0.25) is 9.52 Å². The number of amides is 1. The minimum atomic E-state index is -3.86. The van der Waals surface area contributed by atoms with E-state index in [1.807, 2.05) is 28.8 Å². The van der Waals surface area contributed by atoms with Crippen molar-refractivity contribution in [3.05, 3.63) is 77.8 Å². The van der Waals surface area contributed by atoms with Crippen molar-refractivity contribution in [1.29, 1.82) is 0 Å². The van der Waals surface area contributed by atoms with Gasteiger partial charge in [0.15, 0.2) is 11.0 Å². The predicted molar refractivity (Wildman–Crippen MR) is 112 cm³/mol. The van der Waals surface area contributed by atoms with Crippen LogP contribution in [0.5, 0.6) is 0 Å². The number of halogens is 1. The van der Waals surface area contributed by atoms with Gasteiger partial charge in [-0.25, -0.2) is 13.4 Å². The Balaban J connectivity index is 1.41. The topological polar surface area (TPSA) is 118 Å². The largest absolute Gasteiger partial charge is 0.326 e. The van der Waals surface area contributed by atoms with Crippen LogP contribution in [0, 0.1) is 0 Å². The van der Waals surface area contributed by atoms with Crippen LogP contribution in [0.15, 0.2) is 71.9 Å². The molecule has 30 heavy (non-hydrogen) atoms. The normalized spacial score (nSPS) is 11.4. The Bertz CT molecular complexity index is 1270. The average molecular weight is 443 g/mol. The molecule has 3 heterocycles. The summed E-state index contributed by atoms with van der Waals surface area (Å²) in [5.74, 6) is -0.215. The molecule has 11 heteroatoms. The highest BCUT2D eigenvalue weighted by Crippen LogP contribution is 2.18. The molecule has 0 radical (unpaired) electrons. The molecular weight excluding hydrogens is 428 g/mol. The van der Waals surface area contributed by atoms with E-state index in [4.69, 9.17) is 11.6 Å². The number of nitrogens with zero attached hydrogens (tertiary/aromatic N) is 4. The highest BCUT2D eigenvalue weighted by Gasteiger charge is 2.15. The van der Waals surface area contributed by atoms with Crippen LogP contribution >= 0.6 is 11.6 Å². The fraction of sp³-hybridized carbons (Fsp3) is 0.0526. The van der Waals surface area contributed by atoms with Crippen molar-refractivity contribution < 1.29 is 13.2 Å². The molecule has 0 bridgehead atoms. The van der Waals surface area contributed by atoms with E-state index in [9.17, 15) is 13.2 Å². The Hall–Kier alpha value is -3.50. The number of pyridine rings is 1. The summed E-state index contributed by atoms with van der Waals surface area (Å²) in [6.45, 7) is 0. The van der Waals surface area contributed by atoms with Gasteiger partial charge in [0.2, 0.25) is 5.91 Å². The number of aromatic nitrogens is 4. The Labute approximate surface area is 176 Å². The first-order chi connectivity index (χ1) is 14.4. The average Bonchev–Trinajstić information content (AvgIpc) is 3.12. The molecule has 4 rings (SSSR count). The molecule has 0 fully saturated rings. The summed E-state index contributed by atoms with van der Waals surface area (Å²) in [6.07, 6.45) is 3.74. The van der Waals surface area contributed by atoms with Crippen LogP contribution in [-0.4, -0.2) is 33.9 Å². The molecule has 0 unspecified atom stereocenters. The van der Waals surface area contributed by atoms with E-state index < -0.39 is 10.0 Å². The van der Waals surface area contributed by atoms with Crippen LogP contribution in [-0.2, 0) is 21.2 Å². The van der Waals surface area contributed by atoms with Crippen LogP contribution < -0.4 is 10.0 Å². The zero-order valence-corrected chi connectivity index (χ0v) is 16.9. The fourth-order valence-electron chi connectivity index (χ4n) is 2.73. The maximum atomic E-state index is 12.4. The molecule has 1 aromatic carbocycles. The third-order valence-electron chi connectivity index (χ3n) is 4.07. The molecule has 0 saturated carbocycles. The van der Waals surface area contributed by atoms with Gasteiger partial charge in [-0.2, -0.15) is 0 Å². The maximum absolute atomic E-state index is 12.4. The summed E-state index contributed by atoms with van der Waals surface area (Å²) in [7, 11) is -3.86. The van der Waals surface area contributed by atoms with Crippen LogP contribution in [0.25, 0.3) is 5.65 Å². The van der Waals surface area contributed by atoms with Crippen LogP contribution in [0.3, 0.4) is 0 Å². The molecule has 1 amide bonds. The lowest BCUT2D eigenvalue weighted by Gasteiger charge is -2.08. The fourth-order valence-corrected chi connectivity index (χ4v) is 3.82. The zero-order chi connectivity index (χ0) is 21.1. The summed E-state index contributed by atoms with van der Waals surface area (Å²) in [4.78, 5) is 16.7. The Morgan fingerprint density at radius 3 is 2.53 bits per heavy atom. The molecule has 0 saturated heterocycles. The molecule has 0 aliphatic carbocycles. The molecule has 3 aromatic heterocycles. The predicted octanol–water partition coefficient (Wildman–Crippen LogP) is 2.76. The summed E-state index contributed by atoms with van der Waals surface area (Å²) >= 11 is 5.64. The zero-order valence-electron chi connectivity index (χ0n) is 15.4. The second-order valence-corrected chi connectivity index (χ2v) is 8.36. The van der Waals surface area contributed by atoms with Crippen LogP contribution in [0.4, 0.5) is 11.5 Å². The highest BCUT2D eigenvalue weighted by molar-refractivity contribution is 7.92. The first-order valence-electron chi connectivity index (χ1n) is 8.74. The summed E-state index contributed by atoms with van der Waals surface area (Å²) in [6, 6.07) is 14.2. The maximum Gasteiger partial charge on any atom is 0.263 e. The molecule has 4 aromatic rings. The number of imidazole rings is 1. The number of rotatable bonds is 6. The van der Waals surface area contributed by atoms with Gasteiger partial charge in [-0.05, 0) is 48.5 Å². The van der Waals surface area contributed by atoms with E-state index >= 15 is 0 Å². The number of carbonyl (C=O) groups is 1. The third-order valence-corrected chi connectivity index (χ3v) is 5.65. The van der Waals surface area contributed by atoms with Crippen molar-refractivity contribution in [3.8, 4) is 0 Å². The summed E-state index contributed by atoms with van der Waals surface area (Å²) in [5, 5.41) is 10.1. The van der Waals surface area contributed by atoms with E-state index in [1.165, 1.54) is 36.4 Å². The summed E-state index contributed by atoms with van der Waals surface area (Å²) < 4.78 is 29.0. The molecular formula is C19H15ClN6O3S. The lowest BCUT2D eigenvalue weighted by molar-refractivity contribution is -0.115. The van der Waals surface area contributed by atoms with Crippen LogP contribution in [0.2, 0.25) is 5.15 Å². The van der Waals surface area contributed by atoms with Gasteiger partial charge in [0.25, 0.3) is 10.0 Å². The van der Waals surface area contributed by atoms with E-state index in [2.05, 4.69) is 25.2 Å². The monoisotopic (exact) mass is 442 g/mol. The van der Waals surface area contributed by atoms with Crippen LogP contribution in [0.1, 0.15) is 5.69 Å². The molecule has 152 valence electrons. The standard InChI is InChI=1S/C19H15ClN6O3S/c20-16-8-9-17(24-23-16)25-30(28,29)15-6-4-13(5-7-15)22-19(27)11-14-12-26-10-2-1-3-18(26)21-14/h1-10,12H,11H2,(H,22,27)(H,24,25). The number of fused-ring (bicyclic) bond motifs is 1. The molecule has 2 N–H and O–H groups in total. The van der Waals surface area contributed by atoms with Crippen molar-refractivity contribution in [2.24, 2.45) is 0 Å².